The van der Waals surface area contributed by atoms with Crippen molar-refractivity contribution in [3.8, 4) is 0 Å². The van der Waals surface area contributed by atoms with Gasteiger partial charge in [0, 0.05) is 11.6 Å². The molecule has 2 rings (SSSR count). The Hall–Kier alpha value is -2.15. The van der Waals surface area contributed by atoms with Crippen molar-refractivity contribution in [3.05, 3.63) is 65.5 Å². The highest BCUT2D eigenvalue weighted by Gasteiger charge is 2.17. The van der Waals surface area contributed by atoms with Crippen LogP contribution >= 0.6 is 0 Å². The lowest BCUT2D eigenvalue weighted by atomic mass is 10.2. The summed E-state index contributed by atoms with van der Waals surface area (Å²) in [4.78, 5) is 12.3. The monoisotopic (exact) mass is 412 g/mol. The van der Waals surface area contributed by atoms with Gasteiger partial charge in [0.05, 0.1) is 27.2 Å². The molecule has 1 amide bonds. The first-order valence-corrected chi connectivity index (χ1v) is 8.22. The second kappa shape index (κ2) is 11.5. The first kappa shape index (κ1) is 24.8. The predicted molar refractivity (Wildman–Crippen MR) is 96.5 cm³/mol. The van der Waals surface area contributed by atoms with Crippen molar-refractivity contribution in [1.82, 2.24) is 5.32 Å². The zero-order chi connectivity index (χ0) is 18.3. The molecule has 27 heavy (non-hydrogen) atoms. The van der Waals surface area contributed by atoms with E-state index in [1.165, 1.54) is 11.8 Å². The van der Waals surface area contributed by atoms with Crippen molar-refractivity contribution < 1.29 is 43.9 Å². The summed E-state index contributed by atoms with van der Waals surface area (Å²) in [5, 5.41) is 14.6. The van der Waals surface area contributed by atoms with Crippen LogP contribution in [0.1, 0.15) is 21.6 Å². The van der Waals surface area contributed by atoms with Gasteiger partial charge in [-0.2, -0.15) is 4.57 Å². The van der Waals surface area contributed by atoms with Gasteiger partial charge in [0.15, 0.2) is 6.20 Å². The number of benzene rings is 1. The average molecular weight is 413 g/mol. The molecule has 2 N–H and O–H groups in total. The van der Waals surface area contributed by atoms with Crippen molar-refractivity contribution in [3.63, 3.8) is 0 Å². The third-order valence-electron chi connectivity index (χ3n) is 4.08. The Labute approximate surface area is 172 Å². The van der Waals surface area contributed by atoms with Crippen LogP contribution in [-0.4, -0.2) is 49.0 Å². The Morgan fingerprint density at radius 1 is 1.19 bits per heavy atom. The number of carbonyl (C=O) groups excluding carboxylic acids is 1. The Kier molecular flexibility index (Phi) is 10.6. The summed E-state index contributed by atoms with van der Waals surface area (Å²) >= 11 is 0. The minimum atomic E-state index is -0.109. The Morgan fingerprint density at radius 2 is 1.85 bits per heavy atom. The lowest BCUT2D eigenvalue weighted by Crippen LogP contribution is -3.00. The summed E-state index contributed by atoms with van der Waals surface area (Å²) in [6.45, 7) is 2.35. The number of aromatic nitrogens is 1. The van der Waals surface area contributed by atoms with Gasteiger partial charge in [-0.3, -0.25) is 4.79 Å². The molecule has 8 heteroatoms. The molecule has 0 bridgehead atoms. The quantitative estimate of drug-likeness (QED) is 0.158. The van der Waals surface area contributed by atoms with Gasteiger partial charge < -0.3 is 39.8 Å². The maximum atomic E-state index is 12.3. The molecule has 0 aliphatic carbocycles. The molecular formula is C19H26Cl2N4O2. The van der Waals surface area contributed by atoms with Crippen LogP contribution in [0.5, 0.6) is 0 Å². The smallest absolute Gasteiger partial charge is 0.257 e. The van der Waals surface area contributed by atoms with Crippen LogP contribution in [0.15, 0.2) is 53.8 Å². The number of rotatable bonds is 7. The van der Waals surface area contributed by atoms with Crippen molar-refractivity contribution in [2.24, 2.45) is 12.2 Å². The van der Waals surface area contributed by atoms with E-state index in [1.54, 1.807) is 29.9 Å². The number of carbonyl (C=O) groups is 1. The minimum Gasteiger partial charge on any atom is -1.00 e. The van der Waals surface area contributed by atoms with Crippen molar-refractivity contribution in [1.29, 1.82) is 0 Å². The Bertz CT molecular complexity index is 753. The topological polar surface area (TPSA) is 65.6 Å². The van der Waals surface area contributed by atoms with E-state index in [9.17, 15) is 4.79 Å². The Balaban J connectivity index is 0.00000338. The molecule has 0 aliphatic heterocycles. The first-order valence-electron chi connectivity index (χ1n) is 8.22. The molecule has 0 fully saturated rings. The number of quaternary nitrogens is 1. The molecule has 0 saturated carbocycles. The molecule has 6 nitrogen and oxygen atoms in total. The van der Waals surface area contributed by atoms with Crippen LogP contribution < -0.4 is 34.7 Å². The summed E-state index contributed by atoms with van der Waals surface area (Å²) in [5.74, 6) is -0.109. The lowest BCUT2D eigenvalue weighted by molar-refractivity contribution is -0.902. The third-order valence-corrected chi connectivity index (χ3v) is 4.08. The zero-order valence-electron chi connectivity index (χ0n) is 15.8. The SMILES string of the molecule is C[n+]1cc(C(=O)NCC[N+](C)(C)Cc2ccccc2)ccc1/C=N/O.[Cl-].[Cl-]. The maximum Gasteiger partial charge on any atom is 0.257 e. The zero-order valence-corrected chi connectivity index (χ0v) is 17.3. The summed E-state index contributed by atoms with van der Waals surface area (Å²) < 4.78 is 2.54. The molecule has 0 radical (unpaired) electrons. The number of aryl methyl sites for hydroxylation is 1. The Morgan fingerprint density at radius 3 is 2.44 bits per heavy atom. The second-order valence-corrected chi connectivity index (χ2v) is 6.76. The van der Waals surface area contributed by atoms with Gasteiger partial charge in [-0.15, -0.1) is 0 Å². The molecule has 1 aromatic carbocycles. The van der Waals surface area contributed by atoms with Crippen LogP contribution in [0.4, 0.5) is 0 Å². The molecule has 148 valence electrons. The van der Waals surface area contributed by atoms with Crippen LogP contribution in [0.3, 0.4) is 0 Å². The molecule has 0 atom stereocenters. The van der Waals surface area contributed by atoms with Gasteiger partial charge in [0.2, 0.25) is 5.69 Å². The maximum absolute atomic E-state index is 12.3. The molecule has 2 aromatic rings. The van der Waals surface area contributed by atoms with Crippen LogP contribution in [0.2, 0.25) is 0 Å². The van der Waals surface area contributed by atoms with Gasteiger partial charge in [-0.25, -0.2) is 0 Å². The number of likely N-dealkylation sites (N-methyl/N-ethyl adjacent to an activating group) is 1. The van der Waals surface area contributed by atoms with Gasteiger partial charge >= 0.3 is 0 Å². The predicted octanol–water partition coefficient (Wildman–Crippen LogP) is -4.67. The third kappa shape index (κ3) is 7.95. The molecule has 1 heterocycles. The molecular weight excluding hydrogens is 387 g/mol. The normalized spacial score (nSPS) is 10.8. The summed E-state index contributed by atoms with van der Waals surface area (Å²) in [6.07, 6.45) is 3.04. The standard InChI is InChI=1S/C19H24N4O2.2ClH/c1-22-14-17(9-10-18(22)13-21-25)19(24)20-11-12-23(2,3)15-16-7-5-4-6-8-16;;/h4-10,13-14H,11-12,15H2,1-3H3;2*1H. The summed E-state index contributed by atoms with van der Waals surface area (Å²) in [6, 6.07) is 13.8. The molecule has 0 spiro atoms. The van der Waals surface area contributed by atoms with Crippen LogP contribution in [-0.2, 0) is 13.6 Å². The fourth-order valence-electron chi connectivity index (χ4n) is 2.68. The van der Waals surface area contributed by atoms with E-state index in [2.05, 4.69) is 36.7 Å². The number of nitrogens with one attached hydrogen (secondary N) is 1. The number of amides is 1. The van der Waals surface area contributed by atoms with Crippen LogP contribution in [0.25, 0.3) is 0 Å². The van der Waals surface area contributed by atoms with Crippen molar-refractivity contribution in [2.75, 3.05) is 27.2 Å². The van der Waals surface area contributed by atoms with Gasteiger partial charge in [-0.1, -0.05) is 35.5 Å². The number of nitrogens with zero attached hydrogens (tertiary/aromatic N) is 3. The highest BCUT2D eigenvalue weighted by molar-refractivity contribution is 5.93. The summed E-state index contributed by atoms with van der Waals surface area (Å²) in [7, 11) is 6.11. The van der Waals surface area contributed by atoms with Gasteiger partial charge in [0.25, 0.3) is 5.91 Å². The molecule has 1 aromatic heterocycles. The van der Waals surface area contributed by atoms with E-state index in [1.807, 2.05) is 18.2 Å². The lowest BCUT2D eigenvalue weighted by Gasteiger charge is -2.30. The second-order valence-electron chi connectivity index (χ2n) is 6.76. The molecule has 0 unspecified atom stereocenters. The van der Waals surface area contributed by atoms with E-state index < -0.39 is 0 Å². The van der Waals surface area contributed by atoms with Gasteiger partial charge in [0.1, 0.15) is 25.4 Å². The highest BCUT2D eigenvalue weighted by Crippen LogP contribution is 2.08. The first-order chi connectivity index (χ1) is 11.9. The van der Waals surface area contributed by atoms with Crippen molar-refractivity contribution >= 4 is 12.1 Å². The number of hydrogen-bond acceptors (Lipinski definition) is 3. The average Bonchev–Trinajstić information content (AvgIpc) is 2.57. The molecule has 0 saturated heterocycles. The molecule has 0 aliphatic rings. The summed E-state index contributed by atoms with van der Waals surface area (Å²) in [5.41, 5.74) is 2.57. The van der Waals surface area contributed by atoms with E-state index in [0.717, 1.165) is 17.6 Å². The van der Waals surface area contributed by atoms with Gasteiger partial charge in [-0.05, 0) is 6.07 Å². The van der Waals surface area contributed by atoms with Crippen LogP contribution in [0, 0.1) is 0 Å². The van der Waals surface area contributed by atoms with E-state index in [4.69, 9.17) is 5.21 Å². The fraction of sp³-hybridized carbons (Fsp3) is 0.316. The number of halogens is 2. The van der Waals surface area contributed by atoms with E-state index in [0.29, 0.717) is 17.8 Å². The number of oxime groups is 1. The number of hydrogen-bond donors (Lipinski definition) is 2. The number of pyridine rings is 1. The van der Waals surface area contributed by atoms with E-state index >= 15 is 0 Å². The largest absolute Gasteiger partial charge is 1.00 e. The fourth-order valence-corrected chi connectivity index (χ4v) is 2.68. The van der Waals surface area contributed by atoms with E-state index in [-0.39, 0.29) is 30.7 Å². The minimum absolute atomic E-state index is 0. The highest BCUT2D eigenvalue weighted by atomic mass is 35.5. The van der Waals surface area contributed by atoms with Crippen molar-refractivity contribution in [2.45, 2.75) is 6.54 Å².